The molecule has 1 aliphatic heterocycles. The molecule has 0 aromatic heterocycles. The molecule has 0 bridgehead atoms. The Morgan fingerprint density at radius 1 is 1.18 bits per heavy atom. The summed E-state index contributed by atoms with van der Waals surface area (Å²) >= 11 is 0. The van der Waals surface area contributed by atoms with E-state index in [1.807, 2.05) is 43.3 Å². The van der Waals surface area contributed by atoms with Crippen molar-refractivity contribution in [2.75, 3.05) is 10.6 Å². The summed E-state index contributed by atoms with van der Waals surface area (Å²) in [6.45, 7) is 1.98. The van der Waals surface area contributed by atoms with Crippen LogP contribution in [0.4, 0.5) is 11.4 Å². The first-order valence-electron chi connectivity index (χ1n) is 7.05. The minimum Gasteiger partial charge on any atom is -0.478 e. The molecule has 0 aliphatic carbocycles. The average Bonchev–Trinajstić information content (AvgIpc) is 2.50. The van der Waals surface area contributed by atoms with Crippen molar-refractivity contribution in [3.05, 3.63) is 54.1 Å². The molecule has 5 heteroatoms. The van der Waals surface area contributed by atoms with Crippen LogP contribution >= 0.6 is 0 Å². The van der Waals surface area contributed by atoms with Crippen molar-refractivity contribution in [1.82, 2.24) is 0 Å². The van der Waals surface area contributed by atoms with Crippen LogP contribution in [0, 0.1) is 6.92 Å². The fourth-order valence-electron chi connectivity index (χ4n) is 2.24. The topological polar surface area (TPSA) is 67.4 Å². The van der Waals surface area contributed by atoms with E-state index in [4.69, 9.17) is 4.74 Å². The van der Waals surface area contributed by atoms with Crippen molar-refractivity contribution in [3.8, 4) is 5.75 Å². The van der Waals surface area contributed by atoms with Gasteiger partial charge in [0.1, 0.15) is 5.75 Å². The van der Waals surface area contributed by atoms with Crippen molar-refractivity contribution in [2.24, 2.45) is 0 Å². The maximum Gasteiger partial charge on any atom is 0.266 e. The van der Waals surface area contributed by atoms with Crippen molar-refractivity contribution >= 4 is 23.2 Å². The number of anilines is 2. The molecule has 1 heterocycles. The summed E-state index contributed by atoms with van der Waals surface area (Å²) in [4.78, 5) is 24.0. The number of hydrogen-bond donors (Lipinski definition) is 2. The first kappa shape index (κ1) is 14.1. The molecule has 0 fully saturated rings. The van der Waals surface area contributed by atoms with Gasteiger partial charge < -0.3 is 15.4 Å². The summed E-state index contributed by atoms with van der Waals surface area (Å²) in [7, 11) is 0. The van der Waals surface area contributed by atoms with E-state index in [0.717, 1.165) is 5.56 Å². The van der Waals surface area contributed by atoms with Crippen molar-refractivity contribution in [1.29, 1.82) is 0 Å². The van der Waals surface area contributed by atoms with Gasteiger partial charge in [0, 0.05) is 5.69 Å². The number of amides is 2. The molecule has 5 nitrogen and oxygen atoms in total. The molecular formula is C17H16N2O3. The minimum atomic E-state index is -0.819. The van der Waals surface area contributed by atoms with Gasteiger partial charge >= 0.3 is 0 Å². The standard InChI is InChI=1S/C17H16N2O3/c1-11-6-8-12(9-7-11)18-16(20)10-15-17(21)19-13-4-2-3-5-14(13)22-15/h2-9,15H,10H2,1H3,(H,18,20)(H,19,21)/t15-/m1/s1. The lowest BCUT2D eigenvalue weighted by atomic mass is 10.1. The number of carbonyl (C=O) groups excluding carboxylic acids is 2. The second-order valence-corrected chi connectivity index (χ2v) is 5.21. The maximum absolute atomic E-state index is 12.1. The molecule has 1 atom stereocenters. The summed E-state index contributed by atoms with van der Waals surface area (Å²) < 4.78 is 5.60. The Hall–Kier alpha value is -2.82. The van der Waals surface area contributed by atoms with Gasteiger partial charge in [0.15, 0.2) is 6.10 Å². The van der Waals surface area contributed by atoms with E-state index in [-0.39, 0.29) is 18.2 Å². The summed E-state index contributed by atoms with van der Waals surface area (Å²) in [6.07, 6.45) is -0.853. The Balaban J connectivity index is 1.64. The van der Waals surface area contributed by atoms with E-state index in [0.29, 0.717) is 17.1 Å². The monoisotopic (exact) mass is 296 g/mol. The van der Waals surface area contributed by atoms with Crippen LogP contribution in [-0.2, 0) is 9.59 Å². The van der Waals surface area contributed by atoms with E-state index >= 15 is 0 Å². The summed E-state index contributed by atoms with van der Waals surface area (Å²) in [5, 5.41) is 5.50. The van der Waals surface area contributed by atoms with E-state index in [1.165, 1.54) is 0 Å². The first-order valence-corrected chi connectivity index (χ1v) is 7.05. The molecule has 0 radical (unpaired) electrons. The molecule has 2 aromatic rings. The molecule has 112 valence electrons. The Labute approximate surface area is 128 Å². The number of para-hydroxylation sites is 2. The quantitative estimate of drug-likeness (QED) is 0.915. The minimum absolute atomic E-state index is 0.0337. The number of benzene rings is 2. The van der Waals surface area contributed by atoms with Crippen LogP contribution in [0.3, 0.4) is 0 Å². The van der Waals surface area contributed by atoms with Crippen LogP contribution in [0.2, 0.25) is 0 Å². The lowest BCUT2D eigenvalue weighted by Gasteiger charge is -2.25. The van der Waals surface area contributed by atoms with E-state index in [9.17, 15) is 9.59 Å². The van der Waals surface area contributed by atoms with Gasteiger partial charge in [-0.1, -0.05) is 29.8 Å². The highest BCUT2D eigenvalue weighted by Crippen LogP contribution is 2.29. The Morgan fingerprint density at radius 2 is 1.91 bits per heavy atom. The molecule has 0 unspecified atom stereocenters. The van der Waals surface area contributed by atoms with Crippen LogP contribution in [0.1, 0.15) is 12.0 Å². The Bertz CT molecular complexity index is 710. The van der Waals surface area contributed by atoms with Gasteiger partial charge in [0.05, 0.1) is 12.1 Å². The van der Waals surface area contributed by atoms with Gasteiger partial charge in [-0.25, -0.2) is 0 Å². The molecular weight excluding hydrogens is 280 g/mol. The van der Waals surface area contributed by atoms with Crippen LogP contribution in [0.5, 0.6) is 5.75 Å². The summed E-state index contributed by atoms with van der Waals surface area (Å²) in [6, 6.07) is 14.6. The van der Waals surface area contributed by atoms with E-state index in [1.54, 1.807) is 12.1 Å². The zero-order valence-electron chi connectivity index (χ0n) is 12.1. The largest absolute Gasteiger partial charge is 0.478 e. The van der Waals surface area contributed by atoms with Gasteiger partial charge in [-0.3, -0.25) is 9.59 Å². The zero-order chi connectivity index (χ0) is 15.5. The highest BCUT2D eigenvalue weighted by atomic mass is 16.5. The highest BCUT2D eigenvalue weighted by molar-refractivity contribution is 6.01. The van der Waals surface area contributed by atoms with Crippen molar-refractivity contribution in [2.45, 2.75) is 19.4 Å². The Morgan fingerprint density at radius 3 is 2.68 bits per heavy atom. The third-order valence-corrected chi connectivity index (χ3v) is 3.41. The highest BCUT2D eigenvalue weighted by Gasteiger charge is 2.29. The van der Waals surface area contributed by atoms with Gasteiger partial charge in [-0.15, -0.1) is 0 Å². The number of aryl methyl sites for hydroxylation is 1. The third kappa shape index (κ3) is 3.09. The second-order valence-electron chi connectivity index (χ2n) is 5.21. The fraction of sp³-hybridized carbons (Fsp3) is 0.176. The van der Waals surface area contributed by atoms with Crippen LogP contribution < -0.4 is 15.4 Å². The fourth-order valence-corrected chi connectivity index (χ4v) is 2.24. The zero-order valence-corrected chi connectivity index (χ0v) is 12.1. The molecule has 0 saturated carbocycles. The van der Waals surface area contributed by atoms with Crippen LogP contribution in [0.25, 0.3) is 0 Å². The number of rotatable bonds is 3. The molecule has 2 aromatic carbocycles. The third-order valence-electron chi connectivity index (χ3n) is 3.41. The van der Waals surface area contributed by atoms with Crippen LogP contribution in [-0.4, -0.2) is 17.9 Å². The number of ether oxygens (including phenoxy) is 1. The summed E-state index contributed by atoms with van der Waals surface area (Å²) in [5.74, 6) is 0.0105. The van der Waals surface area contributed by atoms with E-state index in [2.05, 4.69) is 10.6 Å². The maximum atomic E-state index is 12.1. The number of fused-ring (bicyclic) bond motifs is 1. The van der Waals surface area contributed by atoms with Gasteiger partial charge in [-0.05, 0) is 31.2 Å². The number of carbonyl (C=O) groups is 2. The SMILES string of the molecule is Cc1ccc(NC(=O)C[C@H]2Oc3ccccc3NC2=O)cc1. The molecule has 0 spiro atoms. The smallest absolute Gasteiger partial charge is 0.266 e. The molecule has 3 rings (SSSR count). The molecule has 2 amide bonds. The van der Waals surface area contributed by atoms with Crippen molar-refractivity contribution in [3.63, 3.8) is 0 Å². The molecule has 2 N–H and O–H groups in total. The predicted molar refractivity (Wildman–Crippen MR) is 83.9 cm³/mol. The number of hydrogen-bond acceptors (Lipinski definition) is 3. The molecule has 0 saturated heterocycles. The van der Waals surface area contributed by atoms with Gasteiger partial charge in [0.25, 0.3) is 5.91 Å². The lowest BCUT2D eigenvalue weighted by Crippen LogP contribution is -2.39. The lowest BCUT2D eigenvalue weighted by molar-refractivity contribution is -0.128. The Kier molecular flexibility index (Phi) is 3.78. The normalized spacial score (nSPS) is 16.2. The number of nitrogens with one attached hydrogen (secondary N) is 2. The second kappa shape index (κ2) is 5.89. The van der Waals surface area contributed by atoms with Gasteiger partial charge in [0.2, 0.25) is 5.91 Å². The van der Waals surface area contributed by atoms with Gasteiger partial charge in [-0.2, -0.15) is 0 Å². The van der Waals surface area contributed by atoms with Crippen molar-refractivity contribution < 1.29 is 14.3 Å². The average molecular weight is 296 g/mol. The summed E-state index contributed by atoms with van der Waals surface area (Å²) in [5.41, 5.74) is 2.44. The predicted octanol–water partition coefficient (Wildman–Crippen LogP) is 2.72. The van der Waals surface area contributed by atoms with Crippen LogP contribution in [0.15, 0.2) is 48.5 Å². The first-order chi connectivity index (χ1) is 10.6. The molecule has 22 heavy (non-hydrogen) atoms. The molecule has 1 aliphatic rings. The van der Waals surface area contributed by atoms with E-state index < -0.39 is 6.10 Å².